The number of amides is 1. The van der Waals surface area contributed by atoms with E-state index in [0.29, 0.717) is 32.5 Å². The van der Waals surface area contributed by atoms with Crippen molar-refractivity contribution in [2.24, 2.45) is 0 Å². The standard InChI is InChI=1S/C21H30N2O4/c24-20(23-12-8-21(9-13-23)26-14-15-27-21)16-22-10-6-19(7-11-22)25-17-18-4-2-1-3-5-18/h1-5,19H,6-17H2. The van der Waals surface area contributed by atoms with Crippen LogP contribution in [-0.2, 0) is 25.6 Å². The second-order valence-corrected chi connectivity index (χ2v) is 7.76. The third-order valence-corrected chi connectivity index (χ3v) is 5.91. The molecule has 3 aliphatic heterocycles. The van der Waals surface area contributed by atoms with Gasteiger partial charge in [-0.05, 0) is 18.4 Å². The molecule has 27 heavy (non-hydrogen) atoms. The summed E-state index contributed by atoms with van der Waals surface area (Å²) < 4.78 is 17.5. The average Bonchev–Trinajstić information content (AvgIpc) is 3.16. The molecule has 148 valence electrons. The van der Waals surface area contributed by atoms with Crippen molar-refractivity contribution in [3.8, 4) is 0 Å². The van der Waals surface area contributed by atoms with Crippen molar-refractivity contribution in [2.45, 2.75) is 44.2 Å². The number of rotatable bonds is 5. The molecule has 4 rings (SSSR count). The minimum absolute atomic E-state index is 0.228. The summed E-state index contributed by atoms with van der Waals surface area (Å²) in [6, 6.07) is 10.3. The first-order valence-corrected chi connectivity index (χ1v) is 10.2. The van der Waals surface area contributed by atoms with Crippen LogP contribution in [0.1, 0.15) is 31.2 Å². The average molecular weight is 374 g/mol. The smallest absolute Gasteiger partial charge is 0.236 e. The summed E-state index contributed by atoms with van der Waals surface area (Å²) in [6.45, 7) is 5.85. The Hall–Kier alpha value is -1.47. The van der Waals surface area contributed by atoms with Crippen molar-refractivity contribution in [1.29, 1.82) is 0 Å². The highest BCUT2D eigenvalue weighted by molar-refractivity contribution is 5.78. The number of ether oxygens (including phenoxy) is 3. The topological polar surface area (TPSA) is 51.2 Å². The zero-order chi connectivity index (χ0) is 18.5. The van der Waals surface area contributed by atoms with Gasteiger partial charge in [0.1, 0.15) is 0 Å². The second kappa shape index (κ2) is 8.69. The molecule has 1 aromatic rings. The Morgan fingerprint density at radius 2 is 1.70 bits per heavy atom. The lowest BCUT2D eigenvalue weighted by atomic mass is 10.0. The summed E-state index contributed by atoms with van der Waals surface area (Å²) in [7, 11) is 0. The van der Waals surface area contributed by atoms with Gasteiger partial charge in [0.05, 0.1) is 32.5 Å². The summed E-state index contributed by atoms with van der Waals surface area (Å²) in [5, 5.41) is 0. The Kier molecular flexibility index (Phi) is 6.08. The normalized spacial score (nSPS) is 23.8. The van der Waals surface area contributed by atoms with Crippen LogP contribution in [0.4, 0.5) is 0 Å². The fourth-order valence-corrected chi connectivity index (χ4v) is 4.20. The Labute approximate surface area is 161 Å². The number of likely N-dealkylation sites (tertiary alicyclic amines) is 2. The highest BCUT2D eigenvalue weighted by atomic mass is 16.7. The van der Waals surface area contributed by atoms with E-state index >= 15 is 0 Å². The van der Waals surface area contributed by atoms with E-state index in [2.05, 4.69) is 17.0 Å². The van der Waals surface area contributed by atoms with Crippen LogP contribution < -0.4 is 0 Å². The maximum atomic E-state index is 12.6. The quantitative estimate of drug-likeness (QED) is 0.789. The van der Waals surface area contributed by atoms with E-state index in [9.17, 15) is 4.79 Å². The zero-order valence-electron chi connectivity index (χ0n) is 16.0. The molecule has 1 aromatic carbocycles. The van der Waals surface area contributed by atoms with Crippen molar-refractivity contribution in [3.63, 3.8) is 0 Å². The van der Waals surface area contributed by atoms with Gasteiger partial charge in [-0.1, -0.05) is 30.3 Å². The summed E-state index contributed by atoms with van der Waals surface area (Å²) in [5.74, 6) is -0.183. The molecule has 0 atom stereocenters. The van der Waals surface area contributed by atoms with Gasteiger partial charge in [-0.2, -0.15) is 0 Å². The fourth-order valence-electron chi connectivity index (χ4n) is 4.20. The van der Waals surface area contributed by atoms with E-state index in [1.807, 2.05) is 23.1 Å². The largest absolute Gasteiger partial charge is 0.373 e. The van der Waals surface area contributed by atoms with E-state index in [0.717, 1.165) is 51.9 Å². The van der Waals surface area contributed by atoms with Gasteiger partial charge in [-0.25, -0.2) is 0 Å². The molecule has 3 heterocycles. The first kappa shape index (κ1) is 18.9. The number of piperidine rings is 2. The summed E-state index contributed by atoms with van der Waals surface area (Å²) in [6.07, 6.45) is 3.85. The van der Waals surface area contributed by atoms with Crippen LogP contribution in [0.2, 0.25) is 0 Å². The maximum Gasteiger partial charge on any atom is 0.236 e. The predicted octanol–water partition coefficient (Wildman–Crippen LogP) is 2.03. The lowest BCUT2D eigenvalue weighted by Crippen LogP contribution is -2.50. The SMILES string of the molecule is O=C(CN1CCC(OCc2ccccc2)CC1)N1CCC2(CC1)OCCO2. The van der Waals surface area contributed by atoms with E-state index in [1.165, 1.54) is 5.56 Å². The van der Waals surface area contributed by atoms with Crippen LogP contribution >= 0.6 is 0 Å². The Bertz CT molecular complexity index is 600. The molecule has 3 aliphatic rings. The van der Waals surface area contributed by atoms with Crippen LogP contribution in [0.5, 0.6) is 0 Å². The predicted molar refractivity (Wildman–Crippen MR) is 101 cm³/mol. The number of hydrogen-bond acceptors (Lipinski definition) is 5. The Balaban J connectivity index is 1.15. The molecule has 0 N–H and O–H groups in total. The van der Waals surface area contributed by atoms with Gasteiger partial charge < -0.3 is 19.1 Å². The molecule has 0 aromatic heterocycles. The molecule has 0 saturated carbocycles. The third-order valence-electron chi connectivity index (χ3n) is 5.91. The van der Waals surface area contributed by atoms with Gasteiger partial charge in [0.25, 0.3) is 0 Å². The van der Waals surface area contributed by atoms with E-state index in [-0.39, 0.29) is 5.91 Å². The lowest BCUT2D eigenvalue weighted by Gasteiger charge is -2.39. The summed E-state index contributed by atoms with van der Waals surface area (Å²) >= 11 is 0. The second-order valence-electron chi connectivity index (χ2n) is 7.76. The van der Waals surface area contributed by atoms with Crippen molar-refractivity contribution in [3.05, 3.63) is 35.9 Å². The first-order chi connectivity index (χ1) is 13.2. The molecule has 6 nitrogen and oxygen atoms in total. The van der Waals surface area contributed by atoms with Gasteiger partial charge in [-0.15, -0.1) is 0 Å². The summed E-state index contributed by atoms with van der Waals surface area (Å²) in [4.78, 5) is 16.9. The van der Waals surface area contributed by atoms with Crippen LogP contribution in [0.3, 0.4) is 0 Å². The van der Waals surface area contributed by atoms with Gasteiger partial charge in [0, 0.05) is 39.0 Å². The number of carbonyl (C=O) groups is 1. The van der Waals surface area contributed by atoms with Crippen molar-refractivity contribution in [2.75, 3.05) is 45.9 Å². The lowest BCUT2D eigenvalue weighted by molar-refractivity contribution is -0.187. The van der Waals surface area contributed by atoms with Crippen LogP contribution in [0.15, 0.2) is 30.3 Å². The van der Waals surface area contributed by atoms with Gasteiger partial charge in [-0.3, -0.25) is 9.69 Å². The highest BCUT2D eigenvalue weighted by Gasteiger charge is 2.40. The Morgan fingerprint density at radius 1 is 1.04 bits per heavy atom. The molecule has 0 unspecified atom stereocenters. The molecule has 0 radical (unpaired) electrons. The van der Waals surface area contributed by atoms with Gasteiger partial charge >= 0.3 is 0 Å². The maximum absolute atomic E-state index is 12.6. The number of benzene rings is 1. The highest BCUT2D eigenvalue weighted by Crippen LogP contribution is 2.31. The molecule has 0 bridgehead atoms. The minimum Gasteiger partial charge on any atom is -0.373 e. The number of carbonyl (C=O) groups excluding carboxylic acids is 1. The molecule has 3 fully saturated rings. The van der Waals surface area contributed by atoms with Crippen molar-refractivity contribution in [1.82, 2.24) is 9.80 Å². The molecular formula is C21H30N2O4. The third kappa shape index (κ3) is 4.88. The van der Waals surface area contributed by atoms with Crippen LogP contribution in [0, 0.1) is 0 Å². The molecular weight excluding hydrogens is 344 g/mol. The molecule has 6 heteroatoms. The van der Waals surface area contributed by atoms with Crippen LogP contribution in [-0.4, -0.2) is 73.5 Å². The van der Waals surface area contributed by atoms with Crippen molar-refractivity contribution >= 4 is 5.91 Å². The van der Waals surface area contributed by atoms with E-state index in [1.54, 1.807) is 0 Å². The monoisotopic (exact) mass is 374 g/mol. The van der Waals surface area contributed by atoms with Gasteiger partial charge in [0.15, 0.2) is 5.79 Å². The fraction of sp³-hybridized carbons (Fsp3) is 0.667. The van der Waals surface area contributed by atoms with Crippen molar-refractivity contribution < 1.29 is 19.0 Å². The van der Waals surface area contributed by atoms with E-state index in [4.69, 9.17) is 14.2 Å². The molecule has 0 aliphatic carbocycles. The molecule has 3 saturated heterocycles. The number of hydrogen-bond donors (Lipinski definition) is 0. The van der Waals surface area contributed by atoms with Crippen LogP contribution in [0.25, 0.3) is 0 Å². The number of nitrogens with zero attached hydrogens (tertiary/aromatic N) is 2. The zero-order valence-corrected chi connectivity index (χ0v) is 16.0. The minimum atomic E-state index is -0.411. The first-order valence-electron chi connectivity index (χ1n) is 10.2. The molecule has 1 spiro atoms. The summed E-state index contributed by atoms with van der Waals surface area (Å²) in [5.41, 5.74) is 1.22. The molecule has 1 amide bonds. The Morgan fingerprint density at radius 3 is 2.37 bits per heavy atom. The van der Waals surface area contributed by atoms with E-state index < -0.39 is 5.79 Å². The van der Waals surface area contributed by atoms with Gasteiger partial charge in [0.2, 0.25) is 5.91 Å².